The molecule has 1 amide bonds. The van der Waals surface area contributed by atoms with Gasteiger partial charge in [0.05, 0.1) is 16.2 Å². The van der Waals surface area contributed by atoms with E-state index < -0.39 is 4.92 Å². The quantitative estimate of drug-likeness (QED) is 0.659. The van der Waals surface area contributed by atoms with Gasteiger partial charge in [-0.2, -0.15) is 0 Å². The van der Waals surface area contributed by atoms with Crippen molar-refractivity contribution in [3.63, 3.8) is 0 Å². The topological polar surface area (TPSA) is 88.4 Å². The number of aromatic nitrogens is 1. The molecular weight excluding hydrogens is 308 g/mol. The molecule has 8 heteroatoms. The zero-order chi connectivity index (χ0) is 15.4. The summed E-state index contributed by atoms with van der Waals surface area (Å²) in [6.45, 7) is 6.03. The highest BCUT2D eigenvalue weighted by Crippen LogP contribution is 2.19. The van der Waals surface area contributed by atoms with Crippen molar-refractivity contribution in [1.29, 1.82) is 0 Å². The predicted octanol–water partition coefficient (Wildman–Crippen LogP) is 1.93. The number of nitrogens with zero attached hydrogens (tertiary/aromatic N) is 3. The molecule has 0 spiro atoms. The number of hydrogen-bond donors (Lipinski definition) is 1. The summed E-state index contributed by atoms with van der Waals surface area (Å²) in [5.41, 5.74) is 0.701. The molecule has 1 atom stereocenters. The molecule has 1 fully saturated rings. The molecule has 0 saturated carbocycles. The van der Waals surface area contributed by atoms with Gasteiger partial charge in [0.15, 0.2) is 0 Å². The molecule has 0 radical (unpaired) electrons. The van der Waals surface area contributed by atoms with Gasteiger partial charge in [0, 0.05) is 25.2 Å². The molecule has 1 N–H and O–H groups in total. The number of aryl methyl sites for hydroxylation is 1. The van der Waals surface area contributed by atoms with Crippen LogP contribution in [-0.4, -0.2) is 46.4 Å². The van der Waals surface area contributed by atoms with Gasteiger partial charge in [-0.3, -0.25) is 19.9 Å². The number of carbonyl (C=O) groups is 1. The van der Waals surface area contributed by atoms with Crippen molar-refractivity contribution < 1.29 is 9.72 Å². The number of hydrogen-bond acceptors (Lipinski definition) is 5. The molecule has 0 aromatic carbocycles. The monoisotopic (exact) mass is 328 g/mol. The summed E-state index contributed by atoms with van der Waals surface area (Å²) >= 11 is 0. The van der Waals surface area contributed by atoms with E-state index in [1.807, 2.05) is 11.8 Å². The van der Waals surface area contributed by atoms with Crippen molar-refractivity contribution in [3.05, 3.63) is 33.6 Å². The van der Waals surface area contributed by atoms with E-state index in [-0.39, 0.29) is 30.0 Å². The van der Waals surface area contributed by atoms with Gasteiger partial charge in [-0.25, -0.2) is 0 Å². The first-order valence-corrected chi connectivity index (χ1v) is 7.17. The maximum Gasteiger partial charge on any atom is 0.288 e. The lowest BCUT2D eigenvalue weighted by molar-refractivity contribution is -0.385. The number of nitro groups is 1. The number of amides is 1. The van der Waals surface area contributed by atoms with Gasteiger partial charge in [-0.1, -0.05) is 6.92 Å². The van der Waals surface area contributed by atoms with Crippen molar-refractivity contribution in [2.75, 3.05) is 19.6 Å². The molecule has 1 saturated heterocycles. The van der Waals surface area contributed by atoms with E-state index in [1.54, 1.807) is 6.92 Å². The molecule has 1 unspecified atom stereocenters. The van der Waals surface area contributed by atoms with E-state index in [2.05, 4.69) is 10.3 Å². The van der Waals surface area contributed by atoms with Crippen LogP contribution in [0.1, 0.15) is 35.8 Å². The van der Waals surface area contributed by atoms with Crippen molar-refractivity contribution in [2.24, 2.45) is 0 Å². The van der Waals surface area contributed by atoms with E-state index in [1.165, 1.54) is 12.3 Å². The van der Waals surface area contributed by atoms with Crippen LogP contribution in [0.5, 0.6) is 0 Å². The van der Waals surface area contributed by atoms with Crippen LogP contribution in [0.4, 0.5) is 5.69 Å². The van der Waals surface area contributed by atoms with Gasteiger partial charge in [-0.05, 0) is 26.3 Å². The second kappa shape index (κ2) is 8.05. The Labute approximate surface area is 135 Å². The van der Waals surface area contributed by atoms with Crippen molar-refractivity contribution in [3.8, 4) is 0 Å². The summed E-state index contributed by atoms with van der Waals surface area (Å²) in [4.78, 5) is 28.9. The Morgan fingerprint density at radius 1 is 1.59 bits per heavy atom. The smallest absolute Gasteiger partial charge is 0.288 e. The molecule has 1 aromatic rings. The Kier molecular flexibility index (Phi) is 6.70. The first-order valence-electron chi connectivity index (χ1n) is 7.17. The molecule has 7 nitrogen and oxygen atoms in total. The Hall–Kier alpha value is -1.73. The Morgan fingerprint density at radius 3 is 2.86 bits per heavy atom. The average Bonchev–Trinajstić information content (AvgIpc) is 2.98. The zero-order valence-electron chi connectivity index (χ0n) is 12.7. The lowest BCUT2D eigenvalue weighted by Gasteiger charge is -2.28. The first kappa shape index (κ1) is 18.3. The van der Waals surface area contributed by atoms with Crippen molar-refractivity contribution >= 4 is 24.0 Å². The summed E-state index contributed by atoms with van der Waals surface area (Å²) in [6, 6.07) is 1.48. The van der Waals surface area contributed by atoms with Gasteiger partial charge in [0.25, 0.3) is 11.6 Å². The lowest BCUT2D eigenvalue weighted by Crippen LogP contribution is -2.42. The number of rotatable bonds is 5. The Morgan fingerprint density at radius 2 is 2.32 bits per heavy atom. The fourth-order valence-corrected chi connectivity index (χ4v) is 2.59. The average molecular weight is 329 g/mol. The summed E-state index contributed by atoms with van der Waals surface area (Å²) in [7, 11) is 0. The molecule has 2 rings (SSSR count). The molecule has 0 bridgehead atoms. The van der Waals surface area contributed by atoms with Crippen LogP contribution in [0, 0.1) is 17.0 Å². The standard InChI is InChI=1S/C14H20N4O3.ClH/c1-3-6-17(11-4-5-15-8-11)14(19)13-7-12(18(20)21)9-16-10(13)2;/h7,9,11,15H,3-6,8H2,1-2H3;1H. The molecule has 1 aliphatic heterocycles. The minimum absolute atomic E-state index is 0. The van der Waals surface area contributed by atoms with E-state index >= 15 is 0 Å². The van der Waals surface area contributed by atoms with Gasteiger partial charge in [0.1, 0.15) is 6.20 Å². The number of nitrogens with one attached hydrogen (secondary N) is 1. The van der Waals surface area contributed by atoms with Crippen molar-refractivity contribution in [2.45, 2.75) is 32.7 Å². The maximum atomic E-state index is 12.8. The van der Waals surface area contributed by atoms with Crippen LogP contribution in [-0.2, 0) is 0 Å². The number of carbonyl (C=O) groups excluding carboxylic acids is 1. The normalized spacial score (nSPS) is 16.9. The number of halogens is 1. The highest BCUT2D eigenvalue weighted by atomic mass is 35.5. The molecule has 22 heavy (non-hydrogen) atoms. The molecular formula is C14H21ClN4O3. The third kappa shape index (κ3) is 3.92. The third-order valence-corrected chi connectivity index (χ3v) is 3.71. The van der Waals surface area contributed by atoms with Gasteiger partial charge in [0.2, 0.25) is 0 Å². The summed E-state index contributed by atoms with van der Waals surface area (Å²) in [5.74, 6) is -0.167. The van der Waals surface area contributed by atoms with E-state index in [4.69, 9.17) is 0 Å². The second-order valence-electron chi connectivity index (χ2n) is 5.23. The largest absolute Gasteiger partial charge is 0.334 e. The zero-order valence-corrected chi connectivity index (χ0v) is 13.6. The van der Waals surface area contributed by atoms with Crippen molar-refractivity contribution in [1.82, 2.24) is 15.2 Å². The molecule has 2 heterocycles. The highest BCUT2D eigenvalue weighted by molar-refractivity contribution is 5.96. The molecule has 122 valence electrons. The van der Waals surface area contributed by atoms with Gasteiger partial charge >= 0.3 is 0 Å². The number of pyridine rings is 1. The maximum absolute atomic E-state index is 12.8. The lowest BCUT2D eigenvalue weighted by atomic mass is 10.1. The SMILES string of the molecule is CCCN(C(=O)c1cc([N+](=O)[O-])cnc1C)C1CCNC1.Cl. The minimum Gasteiger partial charge on any atom is -0.334 e. The summed E-state index contributed by atoms with van der Waals surface area (Å²) in [5, 5.41) is 14.1. The fourth-order valence-electron chi connectivity index (χ4n) is 2.59. The third-order valence-electron chi connectivity index (χ3n) is 3.71. The van der Waals surface area contributed by atoms with E-state index in [0.717, 1.165) is 25.9 Å². The van der Waals surface area contributed by atoms with Gasteiger partial charge in [-0.15, -0.1) is 12.4 Å². The summed E-state index contributed by atoms with van der Waals surface area (Å²) in [6.07, 6.45) is 2.95. The Balaban J connectivity index is 0.00000242. The summed E-state index contributed by atoms with van der Waals surface area (Å²) < 4.78 is 0. The van der Waals surface area contributed by atoms with Crippen LogP contribution in [0.15, 0.2) is 12.3 Å². The Bertz CT molecular complexity index is 547. The van der Waals surface area contributed by atoms with Gasteiger partial charge < -0.3 is 10.2 Å². The second-order valence-corrected chi connectivity index (χ2v) is 5.23. The minimum atomic E-state index is -0.523. The highest BCUT2D eigenvalue weighted by Gasteiger charge is 2.28. The van der Waals surface area contributed by atoms with E-state index in [9.17, 15) is 14.9 Å². The predicted molar refractivity (Wildman–Crippen MR) is 85.5 cm³/mol. The van der Waals surface area contributed by atoms with Crippen LogP contribution in [0.25, 0.3) is 0 Å². The molecule has 0 aliphatic carbocycles. The van der Waals surface area contributed by atoms with Crippen LogP contribution >= 0.6 is 12.4 Å². The first-order chi connectivity index (χ1) is 10.0. The van der Waals surface area contributed by atoms with Crippen LogP contribution < -0.4 is 5.32 Å². The van der Waals surface area contributed by atoms with Crippen LogP contribution in [0.2, 0.25) is 0 Å². The fraction of sp³-hybridized carbons (Fsp3) is 0.571. The van der Waals surface area contributed by atoms with Crippen LogP contribution in [0.3, 0.4) is 0 Å². The molecule has 1 aliphatic rings. The molecule has 1 aromatic heterocycles. The van der Waals surface area contributed by atoms with E-state index in [0.29, 0.717) is 17.8 Å².